The summed E-state index contributed by atoms with van der Waals surface area (Å²) in [6.07, 6.45) is 2.91. The Hall–Kier alpha value is -1.88. The van der Waals surface area contributed by atoms with Crippen LogP contribution in [0.4, 0.5) is 5.69 Å². The second kappa shape index (κ2) is 20.7. The van der Waals surface area contributed by atoms with Gasteiger partial charge < -0.3 is 53.2 Å². The Labute approximate surface area is 378 Å². The molecule has 3 heterocycles. The van der Waals surface area contributed by atoms with Crippen LogP contribution in [0.15, 0.2) is 29.8 Å². The molecular formula is C47H70Cl2N2O11. The number of fused-ring (bicyclic) bond motifs is 5. The summed E-state index contributed by atoms with van der Waals surface area (Å²) in [5.41, 5.74) is 1.21. The van der Waals surface area contributed by atoms with Gasteiger partial charge in [0.2, 0.25) is 0 Å². The number of carbonyl (C=O) groups excluding carboxylic acids is 2. The highest BCUT2D eigenvalue weighted by molar-refractivity contribution is 6.36. The number of ether oxygens (including phenoxy) is 8. The van der Waals surface area contributed by atoms with Crippen molar-refractivity contribution in [3.8, 4) is 0 Å². The van der Waals surface area contributed by atoms with Crippen molar-refractivity contribution in [2.75, 3.05) is 40.7 Å². The summed E-state index contributed by atoms with van der Waals surface area (Å²) in [4.78, 5) is 31.4. The van der Waals surface area contributed by atoms with Gasteiger partial charge in [-0.3, -0.25) is 9.59 Å². The molecule has 1 aromatic rings. The monoisotopic (exact) mass is 908 g/mol. The number of cyclic esters (lactones) is 1. The average molecular weight is 910 g/mol. The van der Waals surface area contributed by atoms with Crippen LogP contribution in [0.3, 0.4) is 0 Å². The smallest absolute Gasteiger partial charge is 0.306 e. The van der Waals surface area contributed by atoms with E-state index in [2.05, 4.69) is 37.3 Å². The lowest BCUT2D eigenvalue weighted by molar-refractivity contribution is -0.314. The van der Waals surface area contributed by atoms with Gasteiger partial charge in [-0.25, -0.2) is 0 Å². The summed E-state index contributed by atoms with van der Waals surface area (Å²) in [6, 6.07) is 4.92. The molecule has 3 unspecified atom stereocenters. The number of nitrogens with one attached hydrogen (secondary N) is 1. The summed E-state index contributed by atoms with van der Waals surface area (Å²) < 4.78 is 50.1. The minimum atomic E-state index is -0.885. The molecular weight excluding hydrogens is 839 g/mol. The van der Waals surface area contributed by atoms with Crippen LogP contribution in [-0.2, 0) is 47.5 Å². The van der Waals surface area contributed by atoms with E-state index in [1.54, 1.807) is 39.5 Å². The zero-order valence-corrected chi connectivity index (χ0v) is 39.4. The molecule has 2 saturated carbocycles. The Morgan fingerprint density at radius 2 is 1.61 bits per heavy atom. The molecule has 6 aliphatic rings. The third-order valence-electron chi connectivity index (χ3n) is 15.1. The topological polar surface area (TPSA) is 143 Å². The highest BCUT2D eigenvalue weighted by Crippen LogP contribution is 2.58. The lowest BCUT2D eigenvalue weighted by Crippen LogP contribution is -2.59. The number of rotatable bonds is 11. The van der Waals surface area contributed by atoms with Gasteiger partial charge in [-0.2, -0.15) is 0 Å². The van der Waals surface area contributed by atoms with Gasteiger partial charge >= 0.3 is 5.97 Å². The van der Waals surface area contributed by atoms with Gasteiger partial charge in [-0.05, 0) is 127 Å². The first-order chi connectivity index (χ1) is 29.7. The normalized spacial score (nSPS) is 42.9. The van der Waals surface area contributed by atoms with E-state index in [1.807, 2.05) is 20.8 Å². The molecule has 62 heavy (non-hydrogen) atoms. The van der Waals surface area contributed by atoms with Gasteiger partial charge in [-0.1, -0.05) is 43.1 Å². The zero-order valence-electron chi connectivity index (χ0n) is 37.9. The molecule has 15 heteroatoms. The second-order valence-corrected chi connectivity index (χ2v) is 19.7. The summed E-state index contributed by atoms with van der Waals surface area (Å²) >= 11 is 13.1. The summed E-state index contributed by atoms with van der Waals surface area (Å²) in [7, 11) is 9.00. The van der Waals surface area contributed by atoms with E-state index in [9.17, 15) is 9.90 Å². The minimum Gasteiger partial charge on any atom is -0.462 e. The van der Waals surface area contributed by atoms with Crippen LogP contribution >= 0.6 is 23.2 Å². The highest BCUT2D eigenvalue weighted by atomic mass is 35.5. The van der Waals surface area contributed by atoms with Crippen LogP contribution in [-0.4, -0.2) is 137 Å². The number of ketones is 1. The summed E-state index contributed by atoms with van der Waals surface area (Å²) in [5.74, 6) is -2.27. The first-order valence-electron chi connectivity index (χ1n) is 22.9. The number of halogens is 2. The van der Waals surface area contributed by atoms with E-state index in [-0.39, 0.29) is 78.4 Å². The number of hydrogen-bond donors (Lipinski definition) is 2. The number of hydrogen-bond acceptors (Lipinski definition) is 13. The van der Waals surface area contributed by atoms with Gasteiger partial charge in [0.1, 0.15) is 24.4 Å². The van der Waals surface area contributed by atoms with E-state index in [1.165, 1.54) is 0 Å². The van der Waals surface area contributed by atoms with Crippen molar-refractivity contribution in [3.05, 3.63) is 39.9 Å². The number of aliphatic hydroxyl groups is 1. The number of Topliss-reactive ketones (excluding diaryl/α,β-unsaturated/α-hetero) is 1. The van der Waals surface area contributed by atoms with E-state index in [4.69, 9.17) is 61.1 Å². The molecule has 13 nitrogen and oxygen atoms in total. The van der Waals surface area contributed by atoms with Crippen LogP contribution in [0.1, 0.15) is 85.5 Å². The van der Waals surface area contributed by atoms with Crippen molar-refractivity contribution < 1.29 is 52.6 Å². The van der Waals surface area contributed by atoms with Crippen LogP contribution in [0, 0.1) is 35.5 Å². The largest absolute Gasteiger partial charge is 0.462 e. The summed E-state index contributed by atoms with van der Waals surface area (Å²) in [5, 5.41) is 17.1. The molecule has 3 aliphatic heterocycles. The van der Waals surface area contributed by atoms with E-state index < -0.39 is 54.9 Å². The van der Waals surface area contributed by atoms with Crippen LogP contribution in [0.25, 0.3) is 0 Å². The number of benzene rings is 1. The molecule has 19 atom stereocenters. The van der Waals surface area contributed by atoms with Crippen molar-refractivity contribution in [1.29, 1.82) is 0 Å². The number of anilines is 1. The van der Waals surface area contributed by atoms with Crippen molar-refractivity contribution in [2.24, 2.45) is 35.5 Å². The number of likely N-dealkylation sites (N-methyl/N-ethyl adjacent to an activating group) is 1. The number of nitrogens with zero attached hydrogens (tertiary/aromatic N) is 1. The molecule has 0 amide bonds. The first-order valence-corrected chi connectivity index (χ1v) is 23.6. The van der Waals surface area contributed by atoms with E-state index >= 15 is 4.79 Å². The quantitative estimate of drug-likeness (QED) is 0.219. The Bertz CT molecular complexity index is 1740. The van der Waals surface area contributed by atoms with Gasteiger partial charge in [0.25, 0.3) is 0 Å². The first kappa shape index (κ1) is 48.1. The van der Waals surface area contributed by atoms with Crippen LogP contribution in [0.2, 0.25) is 10.0 Å². The van der Waals surface area contributed by atoms with Crippen molar-refractivity contribution >= 4 is 40.6 Å². The van der Waals surface area contributed by atoms with Gasteiger partial charge in [0, 0.05) is 44.2 Å². The highest BCUT2D eigenvalue weighted by Gasteiger charge is 2.60. The Morgan fingerprint density at radius 3 is 2.27 bits per heavy atom. The predicted octanol–water partition coefficient (Wildman–Crippen LogP) is 7.08. The third kappa shape index (κ3) is 9.94. The van der Waals surface area contributed by atoms with E-state index in [0.717, 1.165) is 19.3 Å². The van der Waals surface area contributed by atoms with Gasteiger partial charge in [0.05, 0.1) is 53.7 Å². The standard InChI is InChI=1S/C47H70Cl2N2O11/c1-10-27-12-11-13-37(62-39-17-16-36(51(5)6)24(3)58-39)23(2)42(53)33-21-30-29-19-28(61-47-46(57-9)45(56-8)44(55-7)25(4)59-47)20-32(29)43(54)41(40(30)31(33)22-38(52)60-27)50-35-15-14-26(48)18-34(35)49/h14-15,18,21,23-25,27-32,36-37,39-41,43-47,50,54H,10-13,16-17,19-20,22H2,1-9H3/t23-,24?,25?,27+,28+,29+,30+,31-,32-,36+,37+,39+,40-,41-,43-,44+,45?,46+,47+/m1/s1. The lowest BCUT2D eigenvalue weighted by atomic mass is 9.62. The molecule has 348 valence electrons. The van der Waals surface area contributed by atoms with Crippen molar-refractivity contribution in [1.82, 2.24) is 4.90 Å². The second-order valence-electron chi connectivity index (χ2n) is 18.9. The Morgan fingerprint density at radius 1 is 0.887 bits per heavy atom. The molecule has 2 N–H and O–H groups in total. The SMILES string of the molecule is CC[C@H]1CCC[C@H](O[C@H]2CC[C@H](N(C)C)C(C)O2)[C@@H](C)C(=O)C2=C[C@H]3[C@@H]4C[C@H](O[C@@H]5OC(C)[C@H](OC)C(OC)[C@@H]5OC)C[C@H]4[C@@H](O)[C@H](Nc4ccc(Cl)cc4Cl)[C@H]3[C@@H]2CC(=O)O1. The lowest BCUT2D eigenvalue weighted by Gasteiger charge is -2.48. The maximum Gasteiger partial charge on any atom is 0.306 e. The van der Waals surface area contributed by atoms with Crippen molar-refractivity contribution in [2.45, 2.75) is 165 Å². The molecule has 1 aromatic carbocycles. The molecule has 3 aliphatic carbocycles. The fraction of sp³-hybridized carbons (Fsp3) is 0.787. The minimum absolute atomic E-state index is 0.00160. The third-order valence-corrected chi connectivity index (χ3v) is 15.7. The zero-order chi connectivity index (χ0) is 44.6. The van der Waals surface area contributed by atoms with E-state index in [0.29, 0.717) is 53.4 Å². The summed E-state index contributed by atoms with van der Waals surface area (Å²) in [6.45, 7) is 8.01. The van der Waals surface area contributed by atoms with Gasteiger partial charge in [-0.15, -0.1) is 0 Å². The molecule has 0 aromatic heterocycles. The molecule has 5 fully saturated rings. The van der Waals surface area contributed by atoms with Crippen molar-refractivity contribution in [3.63, 3.8) is 0 Å². The Kier molecular flexibility index (Phi) is 16.1. The fourth-order valence-electron chi connectivity index (χ4n) is 12.0. The van der Waals surface area contributed by atoms with Crippen LogP contribution < -0.4 is 5.32 Å². The maximum absolute atomic E-state index is 15.2. The number of aliphatic hydroxyl groups excluding tert-OH is 1. The molecule has 3 saturated heterocycles. The molecule has 0 spiro atoms. The number of methoxy groups -OCH3 is 3. The number of allylic oxidation sites excluding steroid dienone is 2. The molecule has 0 bridgehead atoms. The average Bonchev–Trinajstić information content (AvgIpc) is 3.82. The number of esters is 1. The van der Waals surface area contributed by atoms with Gasteiger partial charge in [0.15, 0.2) is 18.4 Å². The fourth-order valence-corrected chi connectivity index (χ4v) is 12.5. The molecule has 0 radical (unpaired) electrons. The number of carbonyl (C=O) groups is 2. The Balaban J connectivity index is 1.22. The predicted molar refractivity (Wildman–Crippen MR) is 235 cm³/mol. The maximum atomic E-state index is 15.2. The molecule has 7 rings (SSSR count). The van der Waals surface area contributed by atoms with Crippen LogP contribution in [0.5, 0.6) is 0 Å².